The molecule has 2 unspecified atom stereocenters. The van der Waals surface area contributed by atoms with E-state index in [2.05, 4.69) is 51.3 Å². The molecular weight excluding hydrogens is 278 g/mol. The second kappa shape index (κ2) is 8.80. The van der Waals surface area contributed by atoms with Crippen molar-refractivity contribution >= 4 is 5.96 Å². The molecule has 1 fully saturated rings. The maximum Gasteiger partial charge on any atom is 0.191 e. The van der Waals surface area contributed by atoms with Gasteiger partial charge in [-0.3, -0.25) is 9.89 Å². The van der Waals surface area contributed by atoms with E-state index in [9.17, 15) is 0 Å². The van der Waals surface area contributed by atoms with E-state index in [0.29, 0.717) is 12.1 Å². The molecule has 2 atom stereocenters. The molecule has 1 saturated heterocycles. The van der Waals surface area contributed by atoms with E-state index in [0.717, 1.165) is 45.4 Å². The zero-order valence-corrected chi connectivity index (χ0v) is 14.0. The van der Waals surface area contributed by atoms with E-state index in [4.69, 9.17) is 4.74 Å². The molecule has 124 valence electrons. The van der Waals surface area contributed by atoms with Crippen molar-refractivity contribution in [1.29, 1.82) is 0 Å². The lowest BCUT2D eigenvalue weighted by atomic mass is 10.2. The molecule has 22 heavy (non-hydrogen) atoms. The van der Waals surface area contributed by atoms with Crippen LogP contribution in [0.25, 0.3) is 0 Å². The largest absolute Gasteiger partial charge is 0.379 e. The van der Waals surface area contributed by atoms with Crippen LogP contribution in [0.5, 0.6) is 0 Å². The van der Waals surface area contributed by atoms with Gasteiger partial charge in [-0.15, -0.1) is 0 Å². The zero-order valence-electron chi connectivity index (χ0n) is 14.0. The molecule has 0 aromatic carbocycles. The molecule has 0 spiro atoms. The Hall–Kier alpha value is -1.53. The Bertz CT molecular complexity index is 445. The standard InChI is InChI=1S/C16H29N5O/c1-14(21-10-11-22-13-15(21)2)12-19-16(17-3)18-6-9-20-7-4-5-8-20/h4-5,7-8,14-15H,6,9-13H2,1-3H3,(H2,17,18,19). The number of aliphatic imine (C=N–C) groups is 1. The van der Waals surface area contributed by atoms with Gasteiger partial charge in [0.1, 0.15) is 0 Å². The molecule has 0 aliphatic carbocycles. The molecule has 2 N–H and O–H groups in total. The molecule has 6 nitrogen and oxygen atoms in total. The van der Waals surface area contributed by atoms with Crippen molar-refractivity contribution in [3.05, 3.63) is 24.5 Å². The first-order valence-electron chi connectivity index (χ1n) is 8.09. The first-order valence-corrected chi connectivity index (χ1v) is 8.09. The normalized spacial score (nSPS) is 21.6. The molecule has 0 bridgehead atoms. The summed E-state index contributed by atoms with van der Waals surface area (Å²) in [5, 5.41) is 6.77. The summed E-state index contributed by atoms with van der Waals surface area (Å²) in [7, 11) is 1.81. The average molecular weight is 307 g/mol. The summed E-state index contributed by atoms with van der Waals surface area (Å²) < 4.78 is 7.65. The van der Waals surface area contributed by atoms with Crippen LogP contribution in [0.3, 0.4) is 0 Å². The van der Waals surface area contributed by atoms with Crippen LogP contribution in [0, 0.1) is 0 Å². The maximum atomic E-state index is 5.50. The van der Waals surface area contributed by atoms with E-state index < -0.39 is 0 Å². The SMILES string of the molecule is CN=C(NCCn1cccc1)NCC(C)N1CCOCC1C. The molecule has 6 heteroatoms. The topological polar surface area (TPSA) is 53.8 Å². The highest BCUT2D eigenvalue weighted by atomic mass is 16.5. The van der Waals surface area contributed by atoms with Gasteiger partial charge in [0.25, 0.3) is 0 Å². The van der Waals surface area contributed by atoms with Crippen molar-refractivity contribution in [3.63, 3.8) is 0 Å². The van der Waals surface area contributed by atoms with Crippen molar-refractivity contribution in [2.24, 2.45) is 4.99 Å². The molecule has 1 aromatic heterocycles. The Morgan fingerprint density at radius 2 is 2.14 bits per heavy atom. The Morgan fingerprint density at radius 3 is 2.82 bits per heavy atom. The van der Waals surface area contributed by atoms with Gasteiger partial charge in [0.15, 0.2) is 5.96 Å². The minimum atomic E-state index is 0.460. The number of hydrogen-bond donors (Lipinski definition) is 2. The van der Waals surface area contributed by atoms with E-state index >= 15 is 0 Å². The summed E-state index contributed by atoms with van der Waals surface area (Å²) in [5.74, 6) is 0.861. The molecule has 0 amide bonds. The molecule has 2 heterocycles. The van der Waals surface area contributed by atoms with Crippen molar-refractivity contribution in [3.8, 4) is 0 Å². The van der Waals surface area contributed by atoms with Crippen LogP contribution < -0.4 is 10.6 Å². The number of nitrogens with zero attached hydrogens (tertiary/aromatic N) is 3. The highest BCUT2D eigenvalue weighted by Crippen LogP contribution is 2.09. The monoisotopic (exact) mass is 307 g/mol. The third kappa shape index (κ3) is 5.03. The van der Waals surface area contributed by atoms with Crippen LogP contribution in [0.4, 0.5) is 0 Å². The van der Waals surface area contributed by atoms with E-state index in [1.807, 2.05) is 19.2 Å². The Labute approximate surface area is 133 Å². The lowest BCUT2D eigenvalue weighted by Crippen LogP contribution is -2.53. The number of hydrogen-bond acceptors (Lipinski definition) is 3. The number of nitrogens with one attached hydrogen (secondary N) is 2. The van der Waals surface area contributed by atoms with Gasteiger partial charge >= 0.3 is 0 Å². The van der Waals surface area contributed by atoms with Crippen LogP contribution in [0.2, 0.25) is 0 Å². The molecule has 2 rings (SSSR count). The van der Waals surface area contributed by atoms with E-state index in [1.165, 1.54) is 0 Å². The van der Waals surface area contributed by atoms with Crippen LogP contribution in [-0.2, 0) is 11.3 Å². The lowest BCUT2D eigenvalue weighted by Gasteiger charge is -2.38. The minimum Gasteiger partial charge on any atom is -0.379 e. The van der Waals surface area contributed by atoms with E-state index in [-0.39, 0.29) is 0 Å². The minimum absolute atomic E-state index is 0.460. The smallest absolute Gasteiger partial charge is 0.191 e. The molecule has 0 saturated carbocycles. The zero-order chi connectivity index (χ0) is 15.8. The molecular formula is C16H29N5O. The van der Waals surface area contributed by atoms with Gasteiger partial charge in [-0.1, -0.05) is 0 Å². The van der Waals surface area contributed by atoms with Crippen LogP contribution in [0.15, 0.2) is 29.5 Å². The molecule has 0 radical (unpaired) electrons. The van der Waals surface area contributed by atoms with Gasteiger partial charge < -0.3 is 19.9 Å². The summed E-state index contributed by atoms with van der Waals surface area (Å²) in [4.78, 5) is 6.77. The van der Waals surface area contributed by atoms with Crippen LogP contribution in [-0.4, -0.2) is 67.4 Å². The Balaban J connectivity index is 1.69. The number of ether oxygens (including phenoxy) is 1. The first kappa shape index (κ1) is 16.8. The van der Waals surface area contributed by atoms with Crippen LogP contribution in [0.1, 0.15) is 13.8 Å². The van der Waals surface area contributed by atoms with Gasteiger partial charge in [-0.25, -0.2) is 0 Å². The van der Waals surface area contributed by atoms with Crippen molar-refractivity contribution in [1.82, 2.24) is 20.1 Å². The third-order valence-corrected chi connectivity index (χ3v) is 4.10. The van der Waals surface area contributed by atoms with Crippen molar-refractivity contribution in [2.45, 2.75) is 32.5 Å². The fourth-order valence-corrected chi connectivity index (χ4v) is 2.80. The molecule has 1 aliphatic rings. The highest BCUT2D eigenvalue weighted by Gasteiger charge is 2.23. The summed E-state index contributed by atoms with van der Waals surface area (Å²) in [6.07, 6.45) is 4.14. The summed E-state index contributed by atoms with van der Waals surface area (Å²) in [6, 6.07) is 5.02. The number of rotatable bonds is 6. The lowest BCUT2D eigenvalue weighted by molar-refractivity contribution is -0.0174. The number of aromatic nitrogens is 1. The van der Waals surface area contributed by atoms with Gasteiger partial charge in [-0.2, -0.15) is 0 Å². The quantitative estimate of drug-likeness (QED) is 0.602. The summed E-state index contributed by atoms with van der Waals surface area (Å²) in [5.41, 5.74) is 0. The Kier molecular flexibility index (Phi) is 6.74. The van der Waals surface area contributed by atoms with Crippen molar-refractivity contribution in [2.75, 3.05) is 39.9 Å². The number of guanidine groups is 1. The fourth-order valence-electron chi connectivity index (χ4n) is 2.80. The first-order chi connectivity index (χ1) is 10.7. The molecule has 1 aromatic rings. The van der Waals surface area contributed by atoms with Crippen LogP contribution >= 0.6 is 0 Å². The average Bonchev–Trinajstić information content (AvgIpc) is 3.04. The summed E-state index contributed by atoms with van der Waals surface area (Å²) >= 11 is 0. The highest BCUT2D eigenvalue weighted by molar-refractivity contribution is 5.79. The third-order valence-electron chi connectivity index (χ3n) is 4.10. The number of morpholine rings is 1. The maximum absolute atomic E-state index is 5.50. The van der Waals surface area contributed by atoms with Gasteiger partial charge in [-0.05, 0) is 26.0 Å². The van der Waals surface area contributed by atoms with E-state index in [1.54, 1.807) is 0 Å². The predicted molar refractivity (Wildman–Crippen MR) is 90.2 cm³/mol. The second-order valence-corrected chi connectivity index (χ2v) is 5.81. The predicted octanol–water partition coefficient (Wildman–Crippen LogP) is 0.762. The van der Waals surface area contributed by atoms with Gasteiger partial charge in [0.05, 0.1) is 13.2 Å². The molecule has 1 aliphatic heterocycles. The fraction of sp³-hybridized carbons (Fsp3) is 0.688. The summed E-state index contributed by atoms with van der Waals surface area (Å²) in [6.45, 7) is 9.81. The van der Waals surface area contributed by atoms with Gasteiger partial charge in [0, 0.05) is 57.7 Å². The van der Waals surface area contributed by atoms with Gasteiger partial charge in [0.2, 0.25) is 0 Å². The second-order valence-electron chi connectivity index (χ2n) is 5.81. The Morgan fingerprint density at radius 1 is 1.36 bits per heavy atom. The van der Waals surface area contributed by atoms with Crippen molar-refractivity contribution < 1.29 is 4.74 Å².